The van der Waals surface area contributed by atoms with Crippen LogP contribution in [-0.2, 0) is 16.6 Å². The van der Waals surface area contributed by atoms with Crippen LogP contribution in [0.15, 0.2) is 41.6 Å². The lowest BCUT2D eigenvalue weighted by Gasteiger charge is -2.12. The van der Waals surface area contributed by atoms with Gasteiger partial charge in [-0.2, -0.15) is 5.10 Å². The lowest BCUT2D eigenvalue weighted by molar-refractivity contribution is -0.123. The molecule has 10 heteroatoms. The molecule has 3 heterocycles. The first-order valence-electron chi connectivity index (χ1n) is 9.09. The van der Waals surface area contributed by atoms with Crippen molar-refractivity contribution < 1.29 is 23.9 Å². The molecule has 0 atom stereocenters. The maximum absolute atomic E-state index is 12.6. The first kappa shape index (κ1) is 19.8. The smallest absolute Gasteiger partial charge is 0.293 e. The maximum Gasteiger partial charge on any atom is 0.293 e. The molecule has 1 saturated heterocycles. The Kier molecular flexibility index (Phi) is 5.57. The minimum Gasteiger partial charge on any atom is -0.454 e. The van der Waals surface area contributed by atoms with Gasteiger partial charge in [0.25, 0.3) is 11.1 Å². The molecule has 0 bridgehead atoms. The molecule has 1 N–H and O–H groups in total. The Labute approximate surface area is 176 Å². The lowest BCUT2D eigenvalue weighted by Crippen LogP contribution is -2.36. The van der Waals surface area contributed by atoms with Crippen LogP contribution in [0.5, 0.6) is 11.5 Å². The van der Waals surface area contributed by atoms with Crippen LogP contribution in [0.3, 0.4) is 0 Å². The lowest BCUT2D eigenvalue weighted by atomic mass is 10.2. The van der Waals surface area contributed by atoms with Crippen LogP contribution < -0.4 is 14.8 Å². The number of hydrogen-bond donors (Lipinski definition) is 1. The first-order valence-corrected chi connectivity index (χ1v) is 9.91. The molecule has 1 aromatic carbocycles. The minimum atomic E-state index is -0.386. The predicted octanol–water partition coefficient (Wildman–Crippen LogP) is 2.01. The van der Waals surface area contributed by atoms with Gasteiger partial charge in [-0.15, -0.1) is 0 Å². The van der Waals surface area contributed by atoms with Crippen molar-refractivity contribution in [2.45, 2.75) is 0 Å². The van der Waals surface area contributed by atoms with Crippen molar-refractivity contribution in [3.8, 4) is 11.5 Å². The third-order valence-electron chi connectivity index (χ3n) is 4.35. The molecule has 0 spiro atoms. The van der Waals surface area contributed by atoms with Crippen LogP contribution in [0.1, 0.15) is 11.1 Å². The number of hydrogen-bond acceptors (Lipinski definition) is 7. The SMILES string of the molecule is Cn1cc(/C=C/C(=O)NCCN2C(=O)S/C(=C/c3ccc4c(c3)OCO4)C2=O)cn1. The van der Waals surface area contributed by atoms with Gasteiger partial charge in [0, 0.05) is 38.0 Å². The predicted molar refractivity (Wildman–Crippen MR) is 110 cm³/mol. The number of rotatable bonds is 6. The zero-order valence-corrected chi connectivity index (χ0v) is 16.8. The van der Waals surface area contributed by atoms with Gasteiger partial charge < -0.3 is 14.8 Å². The summed E-state index contributed by atoms with van der Waals surface area (Å²) >= 11 is 0.869. The number of amides is 3. The molecular formula is C20H18N4O5S. The zero-order chi connectivity index (χ0) is 21.1. The Balaban J connectivity index is 1.32. The van der Waals surface area contributed by atoms with Gasteiger partial charge in [0.15, 0.2) is 11.5 Å². The van der Waals surface area contributed by atoms with E-state index in [1.807, 2.05) is 0 Å². The molecule has 0 unspecified atom stereocenters. The van der Waals surface area contributed by atoms with E-state index in [0.717, 1.165) is 27.8 Å². The first-order chi connectivity index (χ1) is 14.5. The van der Waals surface area contributed by atoms with Crippen LogP contribution >= 0.6 is 11.8 Å². The third-order valence-corrected chi connectivity index (χ3v) is 5.26. The molecule has 2 aliphatic rings. The number of carbonyl (C=O) groups is 3. The van der Waals surface area contributed by atoms with E-state index in [4.69, 9.17) is 9.47 Å². The average molecular weight is 426 g/mol. The topological polar surface area (TPSA) is 103 Å². The quantitative estimate of drug-likeness (QED) is 0.705. The second kappa shape index (κ2) is 8.46. The highest BCUT2D eigenvalue weighted by Gasteiger charge is 2.34. The van der Waals surface area contributed by atoms with E-state index in [2.05, 4.69) is 10.4 Å². The summed E-state index contributed by atoms with van der Waals surface area (Å²) in [5, 5.41) is 6.30. The van der Waals surface area contributed by atoms with Crippen molar-refractivity contribution in [1.82, 2.24) is 20.0 Å². The van der Waals surface area contributed by atoms with E-state index < -0.39 is 0 Å². The Morgan fingerprint density at radius 2 is 2.10 bits per heavy atom. The van der Waals surface area contributed by atoms with E-state index in [0.29, 0.717) is 16.4 Å². The molecule has 0 radical (unpaired) electrons. The molecule has 3 amide bonds. The Bertz CT molecular complexity index is 1070. The molecule has 154 valence electrons. The summed E-state index contributed by atoms with van der Waals surface area (Å²) in [6.07, 6.45) is 8.07. The summed E-state index contributed by atoms with van der Waals surface area (Å²) < 4.78 is 12.2. The number of nitrogens with one attached hydrogen (secondary N) is 1. The van der Waals surface area contributed by atoms with Crippen molar-refractivity contribution in [3.05, 3.63) is 52.7 Å². The number of fused-ring (bicyclic) bond motifs is 1. The largest absolute Gasteiger partial charge is 0.454 e. The van der Waals surface area contributed by atoms with Crippen LogP contribution in [0, 0.1) is 0 Å². The van der Waals surface area contributed by atoms with Gasteiger partial charge in [-0.05, 0) is 41.6 Å². The van der Waals surface area contributed by atoms with Gasteiger partial charge in [0.05, 0.1) is 11.1 Å². The fraction of sp³-hybridized carbons (Fsp3) is 0.200. The highest BCUT2D eigenvalue weighted by atomic mass is 32.2. The van der Waals surface area contributed by atoms with Crippen molar-refractivity contribution in [2.24, 2.45) is 7.05 Å². The molecule has 9 nitrogen and oxygen atoms in total. The zero-order valence-electron chi connectivity index (χ0n) is 16.0. The van der Waals surface area contributed by atoms with Crippen molar-refractivity contribution in [1.29, 1.82) is 0 Å². The number of imide groups is 1. The van der Waals surface area contributed by atoms with E-state index >= 15 is 0 Å². The fourth-order valence-corrected chi connectivity index (χ4v) is 3.76. The number of thioether (sulfide) groups is 1. The molecule has 2 aromatic rings. The number of carbonyl (C=O) groups excluding carboxylic acids is 3. The number of benzene rings is 1. The second-order valence-electron chi connectivity index (χ2n) is 6.52. The average Bonchev–Trinajstić information content (AvgIpc) is 3.42. The Morgan fingerprint density at radius 1 is 1.27 bits per heavy atom. The number of aromatic nitrogens is 2. The molecule has 2 aliphatic heterocycles. The van der Waals surface area contributed by atoms with Crippen LogP contribution in [0.4, 0.5) is 4.79 Å². The van der Waals surface area contributed by atoms with E-state index in [9.17, 15) is 14.4 Å². The standard InChI is InChI=1S/C20H18N4O5S/c1-23-11-14(10-22-23)3-5-18(25)21-6-7-24-19(26)17(30-20(24)27)9-13-2-4-15-16(8-13)29-12-28-15/h2-5,8-11H,6-7,12H2,1H3,(H,21,25)/b5-3+,17-9+. The normalized spacial score (nSPS) is 16.8. The summed E-state index contributed by atoms with van der Waals surface area (Å²) in [7, 11) is 1.79. The van der Waals surface area contributed by atoms with Gasteiger partial charge in [-0.25, -0.2) is 0 Å². The molecule has 1 fully saturated rings. The Hall–Kier alpha value is -3.53. The van der Waals surface area contributed by atoms with Gasteiger partial charge >= 0.3 is 0 Å². The number of ether oxygens (including phenoxy) is 2. The van der Waals surface area contributed by atoms with Gasteiger partial charge in [-0.3, -0.25) is 24.0 Å². The van der Waals surface area contributed by atoms with Crippen molar-refractivity contribution in [2.75, 3.05) is 19.9 Å². The van der Waals surface area contributed by atoms with Crippen LogP contribution in [-0.4, -0.2) is 51.6 Å². The summed E-state index contributed by atoms with van der Waals surface area (Å²) in [5.41, 5.74) is 1.53. The Morgan fingerprint density at radius 3 is 2.90 bits per heavy atom. The van der Waals surface area contributed by atoms with Crippen LogP contribution in [0.2, 0.25) is 0 Å². The number of nitrogens with zero attached hydrogens (tertiary/aromatic N) is 3. The molecule has 1 aromatic heterocycles. The summed E-state index contributed by atoms with van der Waals surface area (Å²) in [4.78, 5) is 38.1. The highest BCUT2D eigenvalue weighted by Crippen LogP contribution is 2.36. The summed E-state index contributed by atoms with van der Waals surface area (Å²) in [6, 6.07) is 5.30. The third kappa shape index (κ3) is 4.38. The van der Waals surface area contributed by atoms with Gasteiger partial charge in [-0.1, -0.05) is 6.07 Å². The highest BCUT2D eigenvalue weighted by molar-refractivity contribution is 8.18. The van der Waals surface area contributed by atoms with Crippen LogP contribution in [0.25, 0.3) is 12.2 Å². The molecular weight excluding hydrogens is 408 g/mol. The van der Waals surface area contributed by atoms with Gasteiger partial charge in [0.1, 0.15) is 0 Å². The van der Waals surface area contributed by atoms with Crippen molar-refractivity contribution in [3.63, 3.8) is 0 Å². The monoisotopic (exact) mass is 426 g/mol. The van der Waals surface area contributed by atoms with E-state index in [1.54, 1.807) is 54.5 Å². The maximum atomic E-state index is 12.6. The molecule has 30 heavy (non-hydrogen) atoms. The van der Waals surface area contributed by atoms with Gasteiger partial charge in [0.2, 0.25) is 12.7 Å². The molecule has 4 rings (SSSR count). The van der Waals surface area contributed by atoms with Crippen molar-refractivity contribution >= 4 is 41.0 Å². The molecule has 0 aliphatic carbocycles. The van der Waals surface area contributed by atoms with E-state index in [-0.39, 0.29) is 36.9 Å². The summed E-state index contributed by atoms with van der Waals surface area (Å²) in [5.74, 6) is 0.545. The molecule has 0 saturated carbocycles. The number of aryl methyl sites for hydroxylation is 1. The van der Waals surface area contributed by atoms with E-state index in [1.165, 1.54) is 6.08 Å². The summed E-state index contributed by atoms with van der Waals surface area (Å²) in [6.45, 7) is 0.416. The minimum absolute atomic E-state index is 0.0929. The fourth-order valence-electron chi connectivity index (χ4n) is 2.90. The second-order valence-corrected chi connectivity index (χ2v) is 7.51.